The summed E-state index contributed by atoms with van der Waals surface area (Å²) in [6.45, 7) is 2.72. The fourth-order valence-electron chi connectivity index (χ4n) is 3.33. The number of carbonyl (C=O) groups is 1. The Balaban J connectivity index is 1.35. The first-order chi connectivity index (χ1) is 16.4. The van der Waals surface area contributed by atoms with Gasteiger partial charge in [0.15, 0.2) is 11.6 Å². The number of carbonyl (C=O) groups excluding carboxylic acids is 1. The molecular formula is C25H22Cl3N3O3. The largest absolute Gasteiger partial charge is 0.486 e. The van der Waals surface area contributed by atoms with Gasteiger partial charge in [-0.2, -0.15) is 5.10 Å². The summed E-state index contributed by atoms with van der Waals surface area (Å²) in [5.41, 5.74) is 2.09. The first kappa shape index (κ1) is 24.2. The minimum Gasteiger partial charge on any atom is -0.486 e. The molecule has 1 amide bonds. The van der Waals surface area contributed by atoms with E-state index in [2.05, 4.69) is 17.3 Å². The Morgan fingerprint density at radius 1 is 1.06 bits per heavy atom. The van der Waals surface area contributed by atoms with E-state index in [1.807, 2.05) is 30.3 Å². The van der Waals surface area contributed by atoms with Crippen molar-refractivity contribution >= 4 is 46.5 Å². The van der Waals surface area contributed by atoms with Crippen LogP contribution in [0.1, 0.15) is 40.8 Å². The number of nitrogens with one attached hydrogen (secondary N) is 1. The van der Waals surface area contributed by atoms with Crippen LogP contribution in [0.15, 0.2) is 65.2 Å². The molecule has 0 fully saturated rings. The van der Waals surface area contributed by atoms with E-state index in [0.717, 1.165) is 24.2 Å². The van der Waals surface area contributed by atoms with Crippen molar-refractivity contribution < 1.29 is 13.9 Å². The molecule has 9 heteroatoms. The second-order valence-electron chi connectivity index (χ2n) is 7.66. The van der Waals surface area contributed by atoms with Crippen molar-refractivity contribution in [3.63, 3.8) is 0 Å². The van der Waals surface area contributed by atoms with Gasteiger partial charge in [0.25, 0.3) is 5.91 Å². The molecule has 0 unspecified atom stereocenters. The third-order valence-corrected chi connectivity index (χ3v) is 5.89. The quantitative estimate of drug-likeness (QED) is 0.253. The van der Waals surface area contributed by atoms with Gasteiger partial charge in [0, 0.05) is 16.2 Å². The summed E-state index contributed by atoms with van der Waals surface area (Å²) >= 11 is 18.4. The van der Waals surface area contributed by atoms with Gasteiger partial charge in [-0.1, -0.05) is 66.3 Å². The number of halogens is 3. The topological polar surface area (TPSA) is 69.3 Å². The van der Waals surface area contributed by atoms with Crippen molar-refractivity contribution in [1.29, 1.82) is 0 Å². The number of nitrogens with zero attached hydrogens (tertiary/aromatic N) is 2. The number of amides is 1. The highest BCUT2D eigenvalue weighted by Crippen LogP contribution is 2.25. The van der Waals surface area contributed by atoms with E-state index in [9.17, 15) is 4.79 Å². The Kier molecular flexibility index (Phi) is 7.83. The maximum atomic E-state index is 12.6. The van der Waals surface area contributed by atoms with Crippen LogP contribution in [0.4, 0.5) is 5.82 Å². The van der Waals surface area contributed by atoms with Crippen LogP contribution in [-0.2, 0) is 19.6 Å². The molecule has 176 valence electrons. The van der Waals surface area contributed by atoms with E-state index >= 15 is 0 Å². The molecule has 0 aliphatic heterocycles. The van der Waals surface area contributed by atoms with Crippen molar-refractivity contribution in [2.75, 3.05) is 5.32 Å². The molecule has 0 atom stereocenters. The van der Waals surface area contributed by atoms with Crippen molar-refractivity contribution in [1.82, 2.24) is 9.78 Å². The number of furan rings is 1. The molecule has 6 nitrogen and oxygen atoms in total. The lowest BCUT2D eigenvalue weighted by Gasteiger charge is -2.06. The zero-order valence-corrected chi connectivity index (χ0v) is 20.6. The maximum Gasteiger partial charge on any atom is 0.292 e. The standard InChI is InChI=1S/C25H22Cl3N3O3/c1-2-3-16-4-8-19(9-5-16)33-15-20-10-11-23(34-20)25(32)29-24-22(28)14-31(30-24)13-17-6-7-18(26)12-21(17)27/h4-12,14H,2-3,13,15H2,1H3,(H,29,30,32). The van der Waals surface area contributed by atoms with Crippen molar-refractivity contribution in [2.24, 2.45) is 0 Å². The minimum absolute atomic E-state index is 0.128. The smallest absolute Gasteiger partial charge is 0.292 e. The van der Waals surface area contributed by atoms with Gasteiger partial charge in [-0.15, -0.1) is 0 Å². The lowest BCUT2D eigenvalue weighted by Crippen LogP contribution is -2.12. The molecule has 0 bridgehead atoms. The number of hydrogen-bond acceptors (Lipinski definition) is 4. The average Bonchev–Trinajstić information content (AvgIpc) is 3.42. The predicted octanol–water partition coefficient (Wildman–Crippen LogP) is 7.27. The number of rotatable bonds is 9. The summed E-state index contributed by atoms with van der Waals surface area (Å²) in [5.74, 6) is 1.14. The maximum absolute atomic E-state index is 12.6. The van der Waals surface area contributed by atoms with E-state index in [1.54, 1.807) is 35.1 Å². The molecule has 4 aromatic rings. The molecule has 1 N–H and O–H groups in total. The molecule has 0 aliphatic rings. The fraction of sp³-hybridized carbons (Fsp3) is 0.200. The summed E-state index contributed by atoms with van der Waals surface area (Å²) in [5, 5.41) is 8.36. The van der Waals surface area contributed by atoms with Crippen molar-refractivity contribution in [2.45, 2.75) is 32.9 Å². The van der Waals surface area contributed by atoms with Gasteiger partial charge in [-0.25, -0.2) is 0 Å². The minimum atomic E-state index is -0.466. The van der Waals surface area contributed by atoms with Crippen LogP contribution >= 0.6 is 34.8 Å². The van der Waals surface area contributed by atoms with Crippen LogP contribution in [0.25, 0.3) is 0 Å². The highest BCUT2D eigenvalue weighted by Gasteiger charge is 2.16. The number of aromatic nitrogens is 2. The molecule has 4 rings (SSSR count). The number of ether oxygens (including phenoxy) is 1. The predicted molar refractivity (Wildman–Crippen MR) is 134 cm³/mol. The van der Waals surface area contributed by atoms with Gasteiger partial charge in [0.05, 0.1) is 6.54 Å². The third-order valence-electron chi connectivity index (χ3n) is 5.02. The van der Waals surface area contributed by atoms with Gasteiger partial charge in [0.1, 0.15) is 23.1 Å². The van der Waals surface area contributed by atoms with Crippen LogP contribution in [0.2, 0.25) is 15.1 Å². The lowest BCUT2D eigenvalue weighted by molar-refractivity contribution is 0.0992. The van der Waals surface area contributed by atoms with Gasteiger partial charge in [0.2, 0.25) is 0 Å². The highest BCUT2D eigenvalue weighted by atomic mass is 35.5. The van der Waals surface area contributed by atoms with Crippen LogP contribution < -0.4 is 10.1 Å². The van der Waals surface area contributed by atoms with E-state index < -0.39 is 5.91 Å². The molecule has 2 aromatic carbocycles. The van der Waals surface area contributed by atoms with E-state index in [-0.39, 0.29) is 18.2 Å². The Hall–Kier alpha value is -2.93. The molecule has 0 spiro atoms. The molecule has 0 saturated carbocycles. The molecule has 0 saturated heterocycles. The number of anilines is 1. The van der Waals surface area contributed by atoms with Gasteiger partial charge < -0.3 is 14.5 Å². The number of aryl methyl sites for hydroxylation is 1. The van der Waals surface area contributed by atoms with Gasteiger partial charge in [-0.05, 0) is 53.9 Å². The molecule has 2 heterocycles. The Morgan fingerprint density at radius 2 is 1.85 bits per heavy atom. The lowest BCUT2D eigenvalue weighted by atomic mass is 10.1. The van der Waals surface area contributed by atoms with Crippen LogP contribution in [0.5, 0.6) is 5.75 Å². The van der Waals surface area contributed by atoms with Crippen molar-refractivity contribution in [3.8, 4) is 5.75 Å². The van der Waals surface area contributed by atoms with E-state index in [1.165, 1.54) is 5.56 Å². The van der Waals surface area contributed by atoms with E-state index in [4.69, 9.17) is 44.0 Å². The summed E-state index contributed by atoms with van der Waals surface area (Å²) in [6.07, 6.45) is 3.74. The second-order valence-corrected chi connectivity index (χ2v) is 8.91. The van der Waals surface area contributed by atoms with Gasteiger partial charge >= 0.3 is 0 Å². The summed E-state index contributed by atoms with van der Waals surface area (Å²) in [6, 6.07) is 16.4. The van der Waals surface area contributed by atoms with Crippen LogP contribution in [-0.4, -0.2) is 15.7 Å². The monoisotopic (exact) mass is 517 g/mol. The summed E-state index contributed by atoms with van der Waals surface area (Å²) in [7, 11) is 0. The normalized spacial score (nSPS) is 10.9. The average molecular weight is 519 g/mol. The zero-order valence-electron chi connectivity index (χ0n) is 18.4. The second kappa shape index (κ2) is 11.0. The van der Waals surface area contributed by atoms with Crippen LogP contribution in [0.3, 0.4) is 0 Å². The Morgan fingerprint density at radius 3 is 2.59 bits per heavy atom. The molecule has 2 aromatic heterocycles. The molecule has 0 radical (unpaired) electrons. The SMILES string of the molecule is CCCc1ccc(OCc2ccc(C(=O)Nc3nn(Cc4ccc(Cl)cc4Cl)cc3Cl)o2)cc1. The molecule has 0 aliphatic carbocycles. The van der Waals surface area contributed by atoms with Gasteiger partial charge in [-0.3, -0.25) is 9.48 Å². The Labute approximate surface area is 212 Å². The van der Waals surface area contributed by atoms with Crippen LogP contribution in [0, 0.1) is 0 Å². The first-order valence-electron chi connectivity index (χ1n) is 10.7. The third kappa shape index (κ3) is 6.14. The number of benzene rings is 2. The summed E-state index contributed by atoms with van der Waals surface area (Å²) < 4.78 is 13.0. The van der Waals surface area contributed by atoms with Crippen molar-refractivity contribution in [3.05, 3.63) is 98.5 Å². The zero-order chi connectivity index (χ0) is 24.1. The summed E-state index contributed by atoms with van der Waals surface area (Å²) in [4.78, 5) is 12.6. The molecular weight excluding hydrogens is 497 g/mol. The molecule has 34 heavy (non-hydrogen) atoms. The fourth-order valence-corrected chi connectivity index (χ4v) is 4.00. The number of hydrogen-bond donors (Lipinski definition) is 1. The van der Waals surface area contributed by atoms with E-state index in [0.29, 0.717) is 27.4 Å². The Bertz CT molecular complexity index is 1280. The first-order valence-corrected chi connectivity index (χ1v) is 11.8. The highest BCUT2D eigenvalue weighted by molar-refractivity contribution is 6.35.